The Morgan fingerprint density at radius 1 is 1.22 bits per heavy atom. The lowest BCUT2D eigenvalue weighted by Gasteiger charge is -2.26. The van der Waals surface area contributed by atoms with Gasteiger partial charge in [-0.3, -0.25) is 9.69 Å². The Kier molecular flexibility index (Phi) is 11.2. The van der Waals surface area contributed by atoms with Crippen molar-refractivity contribution in [3.8, 4) is 0 Å². The van der Waals surface area contributed by atoms with E-state index in [0.717, 1.165) is 38.4 Å². The van der Waals surface area contributed by atoms with Crippen molar-refractivity contribution >= 4 is 30.7 Å². The molecule has 7 heteroatoms. The van der Waals surface area contributed by atoms with Crippen molar-refractivity contribution in [1.29, 1.82) is 0 Å². The van der Waals surface area contributed by atoms with E-state index in [2.05, 4.69) is 34.5 Å². The molecule has 1 saturated heterocycles. The van der Waals surface area contributed by atoms with Gasteiger partial charge >= 0.3 is 0 Å². The molecule has 5 nitrogen and oxygen atoms in total. The third-order valence-electron chi connectivity index (χ3n) is 3.53. The molecular weight excluding hydrogens is 337 g/mol. The summed E-state index contributed by atoms with van der Waals surface area (Å²) in [5, 5.41) is 2.89. The number of nitrogens with one attached hydrogen (secondary N) is 1. The molecule has 1 aliphatic heterocycles. The molecule has 1 aliphatic rings. The quantitative estimate of drug-likeness (QED) is 0.807. The van der Waals surface area contributed by atoms with Crippen LogP contribution in [-0.2, 0) is 22.6 Å². The summed E-state index contributed by atoms with van der Waals surface area (Å²) >= 11 is 0. The highest BCUT2D eigenvalue weighted by Crippen LogP contribution is 2.09. The first-order chi connectivity index (χ1) is 10.1. The molecule has 0 spiro atoms. The number of nitrogens with zero attached hydrogens (tertiary/aromatic N) is 1. The van der Waals surface area contributed by atoms with Crippen molar-refractivity contribution in [3.63, 3.8) is 0 Å². The molecular formula is C16H27Cl2N3O2. The van der Waals surface area contributed by atoms with Crippen LogP contribution >= 0.6 is 24.8 Å². The van der Waals surface area contributed by atoms with E-state index in [1.54, 1.807) is 0 Å². The van der Waals surface area contributed by atoms with E-state index in [9.17, 15) is 4.79 Å². The zero-order valence-corrected chi connectivity index (χ0v) is 15.1. The first-order valence-electron chi connectivity index (χ1n) is 7.53. The van der Waals surface area contributed by atoms with Crippen LogP contribution in [0.1, 0.15) is 24.5 Å². The highest BCUT2D eigenvalue weighted by molar-refractivity contribution is 5.85. The minimum absolute atomic E-state index is 0. The zero-order chi connectivity index (χ0) is 15.1. The van der Waals surface area contributed by atoms with Gasteiger partial charge in [-0.25, -0.2) is 0 Å². The molecule has 3 N–H and O–H groups in total. The maximum absolute atomic E-state index is 11.5. The standard InChI is InChI=1S/C16H25N3O2.2ClH/c1-13(17)10-16(20)18-11-14-2-4-15(5-3-14)12-19-6-8-21-9-7-19;;/h2-5,13H,6-12,17H2,1H3,(H,18,20);2*1H. The van der Waals surface area contributed by atoms with Crippen molar-refractivity contribution < 1.29 is 9.53 Å². The van der Waals surface area contributed by atoms with E-state index in [0.29, 0.717) is 13.0 Å². The lowest BCUT2D eigenvalue weighted by Crippen LogP contribution is -2.35. The normalized spacial score (nSPS) is 15.9. The smallest absolute Gasteiger partial charge is 0.221 e. The molecule has 0 saturated carbocycles. The van der Waals surface area contributed by atoms with Gasteiger partial charge in [0.15, 0.2) is 0 Å². The number of hydrogen-bond acceptors (Lipinski definition) is 4. The molecule has 1 amide bonds. The van der Waals surface area contributed by atoms with Crippen LogP contribution in [-0.4, -0.2) is 43.2 Å². The fourth-order valence-corrected chi connectivity index (χ4v) is 2.35. The second-order valence-corrected chi connectivity index (χ2v) is 5.66. The highest BCUT2D eigenvalue weighted by Gasteiger charge is 2.10. The summed E-state index contributed by atoms with van der Waals surface area (Å²) in [7, 11) is 0. The van der Waals surface area contributed by atoms with Crippen LogP contribution in [0.5, 0.6) is 0 Å². The number of rotatable bonds is 6. The van der Waals surface area contributed by atoms with Crippen LogP contribution in [0.2, 0.25) is 0 Å². The minimum Gasteiger partial charge on any atom is -0.379 e. The molecule has 1 aromatic carbocycles. The minimum atomic E-state index is -0.0964. The van der Waals surface area contributed by atoms with Crippen molar-refractivity contribution in [2.45, 2.75) is 32.5 Å². The highest BCUT2D eigenvalue weighted by atomic mass is 35.5. The fraction of sp³-hybridized carbons (Fsp3) is 0.562. The zero-order valence-electron chi connectivity index (χ0n) is 13.5. The Hall–Kier alpha value is -0.850. The predicted octanol–water partition coefficient (Wildman–Crippen LogP) is 1.72. The van der Waals surface area contributed by atoms with Crippen molar-refractivity contribution in [2.24, 2.45) is 5.73 Å². The fourth-order valence-electron chi connectivity index (χ4n) is 2.35. The van der Waals surface area contributed by atoms with Crippen LogP contribution in [0, 0.1) is 0 Å². The number of morpholine rings is 1. The van der Waals surface area contributed by atoms with Crippen molar-refractivity contribution in [3.05, 3.63) is 35.4 Å². The number of halogens is 2. The monoisotopic (exact) mass is 363 g/mol. The van der Waals surface area contributed by atoms with Gasteiger partial charge in [0.2, 0.25) is 5.91 Å². The Balaban J connectivity index is 0.00000242. The predicted molar refractivity (Wildman–Crippen MR) is 97.1 cm³/mol. The summed E-state index contributed by atoms with van der Waals surface area (Å²) in [6.45, 7) is 6.99. The van der Waals surface area contributed by atoms with Crippen LogP contribution in [0.3, 0.4) is 0 Å². The number of carbonyl (C=O) groups is 1. The molecule has 2 rings (SSSR count). The number of benzene rings is 1. The maximum atomic E-state index is 11.5. The molecule has 0 aromatic heterocycles. The molecule has 1 heterocycles. The maximum Gasteiger partial charge on any atom is 0.221 e. The third-order valence-corrected chi connectivity index (χ3v) is 3.53. The summed E-state index contributed by atoms with van der Waals surface area (Å²) in [5.41, 5.74) is 8.00. The number of ether oxygens (including phenoxy) is 1. The molecule has 0 radical (unpaired) electrons. The Bertz CT molecular complexity index is 449. The lowest BCUT2D eigenvalue weighted by atomic mass is 10.1. The number of amides is 1. The van der Waals surface area contributed by atoms with Crippen LogP contribution < -0.4 is 11.1 Å². The van der Waals surface area contributed by atoms with Gasteiger partial charge in [-0.2, -0.15) is 0 Å². The summed E-state index contributed by atoms with van der Waals surface area (Å²) in [6, 6.07) is 8.30. The largest absolute Gasteiger partial charge is 0.379 e. The van der Waals surface area contributed by atoms with Crippen LogP contribution in [0.15, 0.2) is 24.3 Å². The molecule has 1 atom stereocenters. The Morgan fingerprint density at radius 2 is 1.78 bits per heavy atom. The Morgan fingerprint density at radius 3 is 2.35 bits per heavy atom. The van der Waals surface area contributed by atoms with Gasteiger partial charge in [-0.05, 0) is 18.1 Å². The first-order valence-corrected chi connectivity index (χ1v) is 7.53. The third kappa shape index (κ3) is 8.53. The first kappa shape index (κ1) is 22.1. The average Bonchev–Trinajstić information content (AvgIpc) is 2.47. The van der Waals surface area contributed by atoms with Gasteiger partial charge in [-0.15, -0.1) is 24.8 Å². The van der Waals surface area contributed by atoms with Gasteiger partial charge in [0.25, 0.3) is 0 Å². The van der Waals surface area contributed by atoms with E-state index in [1.807, 2.05) is 6.92 Å². The SMILES string of the molecule is CC(N)CC(=O)NCc1ccc(CN2CCOCC2)cc1.Cl.Cl. The van der Waals surface area contributed by atoms with Crippen LogP contribution in [0.25, 0.3) is 0 Å². The van der Waals surface area contributed by atoms with E-state index in [-0.39, 0.29) is 36.8 Å². The Labute approximate surface area is 150 Å². The van der Waals surface area contributed by atoms with E-state index < -0.39 is 0 Å². The molecule has 1 unspecified atom stereocenters. The van der Waals surface area contributed by atoms with Crippen LogP contribution in [0.4, 0.5) is 0 Å². The number of carbonyl (C=O) groups excluding carboxylic acids is 1. The van der Waals surface area contributed by atoms with Gasteiger partial charge < -0.3 is 15.8 Å². The van der Waals surface area contributed by atoms with E-state index in [4.69, 9.17) is 10.5 Å². The average molecular weight is 364 g/mol. The molecule has 0 aliphatic carbocycles. The summed E-state index contributed by atoms with van der Waals surface area (Å²) < 4.78 is 5.35. The molecule has 132 valence electrons. The lowest BCUT2D eigenvalue weighted by molar-refractivity contribution is -0.121. The molecule has 1 aromatic rings. The molecule has 1 fully saturated rings. The van der Waals surface area contributed by atoms with E-state index in [1.165, 1.54) is 5.56 Å². The topological polar surface area (TPSA) is 67.6 Å². The second kappa shape index (κ2) is 11.6. The van der Waals surface area contributed by atoms with Crippen molar-refractivity contribution in [1.82, 2.24) is 10.2 Å². The van der Waals surface area contributed by atoms with Gasteiger partial charge in [-0.1, -0.05) is 24.3 Å². The molecule has 0 bridgehead atoms. The number of hydrogen-bond donors (Lipinski definition) is 2. The number of nitrogens with two attached hydrogens (primary N) is 1. The summed E-state index contributed by atoms with van der Waals surface area (Å²) in [6.07, 6.45) is 0.370. The summed E-state index contributed by atoms with van der Waals surface area (Å²) in [4.78, 5) is 13.9. The molecule has 23 heavy (non-hydrogen) atoms. The second-order valence-electron chi connectivity index (χ2n) is 5.66. The van der Waals surface area contributed by atoms with E-state index >= 15 is 0 Å². The van der Waals surface area contributed by atoms with Gasteiger partial charge in [0, 0.05) is 38.6 Å². The summed E-state index contributed by atoms with van der Waals surface area (Å²) in [5.74, 6) is 0.00222. The van der Waals surface area contributed by atoms with Gasteiger partial charge in [0.05, 0.1) is 13.2 Å². The van der Waals surface area contributed by atoms with Gasteiger partial charge in [0.1, 0.15) is 0 Å². The van der Waals surface area contributed by atoms with Crippen molar-refractivity contribution in [2.75, 3.05) is 26.3 Å².